The van der Waals surface area contributed by atoms with Gasteiger partial charge in [-0.3, -0.25) is 0 Å². The topological polar surface area (TPSA) is 44.3 Å². The van der Waals surface area contributed by atoms with Gasteiger partial charge in [0, 0.05) is 17.5 Å². The van der Waals surface area contributed by atoms with Crippen LogP contribution in [0.4, 0.5) is 0 Å². The summed E-state index contributed by atoms with van der Waals surface area (Å²) in [5, 5.41) is 17.4. The fourth-order valence-electron chi connectivity index (χ4n) is 6.79. The minimum atomic E-state index is -0.253. The molecule has 0 aromatic rings. The van der Waals surface area contributed by atoms with Crippen molar-refractivity contribution in [3.05, 3.63) is 23.3 Å². The van der Waals surface area contributed by atoms with Gasteiger partial charge in [0.1, 0.15) is 0 Å². The largest absolute Gasteiger partial charge is 0.389 e. The normalized spacial score (nSPS) is 50.5. The number of likely N-dealkylation sites (N-methyl/N-ethyl adjacent to an activating group) is 1. The van der Waals surface area contributed by atoms with Crippen LogP contribution in [0.15, 0.2) is 23.3 Å². The van der Waals surface area contributed by atoms with Crippen molar-refractivity contribution in [1.82, 2.24) is 10.6 Å². The summed E-state index contributed by atoms with van der Waals surface area (Å²) in [6, 6.07) is 1.15. The van der Waals surface area contributed by atoms with Gasteiger partial charge >= 0.3 is 0 Å². The first-order valence-electron chi connectivity index (χ1n) is 9.89. The Bertz CT molecular complexity index is 582. The van der Waals surface area contributed by atoms with Crippen LogP contribution in [0.2, 0.25) is 0 Å². The van der Waals surface area contributed by atoms with Crippen LogP contribution in [0.1, 0.15) is 52.4 Å². The molecule has 0 bridgehead atoms. The Hall–Kier alpha value is -0.640. The summed E-state index contributed by atoms with van der Waals surface area (Å²) in [4.78, 5) is 0. The maximum absolute atomic E-state index is 10.1. The third-order valence-corrected chi connectivity index (χ3v) is 8.26. The highest BCUT2D eigenvalue weighted by molar-refractivity contribution is 5.41. The van der Waals surface area contributed by atoms with Crippen LogP contribution in [-0.2, 0) is 0 Å². The minimum Gasteiger partial charge on any atom is -0.389 e. The zero-order valence-electron chi connectivity index (χ0n) is 15.7. The molecule has 7 atom stereocenters. The number of hydrogen-bond donors (Lipinski definition) is 3. The van der Waals surface area contributed by atoms with E-state index in [0.717, 1.165) is 6.42 Å². The summed E-state index contributed by atoms with van der Waals surface area (Å²) in [6.07, 6.45) is 11.4. The average molecular weight is 331 g/mol. The van der Waals surface area contributed by atoms with Crippen molar-refractivity contribution < 1.29 is 5.11 Å². The smallest absolute Gasteiger partial charge is 0.0724 e. The first kappa shape index (κ1) is 16.8. The lowest BCUT2D eigenvalue weighted by Gasteiger charge is -2.55. The molecule has 1 fully saturated rings. The molecular formula is C21H34N2O. The van der Waals surface area contributed by atoms with Gasteiger partial charge in [0.25, 0.3) is 0 Å². The third kappa shape index (κ3) is 2.14. The van der Waals surface area contributed by atoms with Gasteiger partial charge in [0.15, 0.2) is 0 Å². The minimum absolute atomic E-state index is 0.168. The predicted molar refractivity (Wildman–Crippen MR) is 98.8 cm³/mol. The molecule has 4 rings (SSSR count). The fourth-order valence-corrected chi connectivity index (χ4v) is 6.79. The Kier molecular flexibility index (Phi) is 3.98. The molecule has 0 unspecified atom stereocenters. The molecule has 24 heavy (non-hydrogen) atoms. The van der Waals surface area contributed by atoms with Gasteiger partial charge < -0.3 is 15.7 Å². The number of fused-ring (bicyclic) bond motifs is 4. The monoisotopic (exact) mass is 330 g/mol. The third-order valence-electron chi connectivity index (χ3n) is 8.26. The van der Waals surface area contributed by atoms with Crippen molar-refractivity contribution >= 4 is 0 Å². The van der Waals surface area contributed by atoms with E-state index in [9.17, 15) is 5.11 Å². The zero-order chi connectivity index (χ0) is 17.1. The predicted octanol–water partition coefficient (Wildman–Crippen LogP) is 3.02. The SMILES string of the molecule is CN[C@H]1C[C@@H]2C[C@@H](O)C=C[C@]2(C)C2=C1[C@@H]1CC[C@H](NC)[C@@]1(C)CC2. The average Bonchev–Trinajstić information content (AvgIpc) is 2.91. The molecule has 4 aliphatic rings. The second kappa shape index (κ2) is 5.69. The van der Waals surface area contributed by atoms with Gasteiger partial charge in [-0.05, 0) is 75.4 Å². The van der Waals surface area contributed by atoms with E-state index in [0.29, 0.717) is 29.3 Å². The maximum Gasteiger partial charge on any atom is 0.0724 e. The molecule has 3 nitrogen and oxygen atoms in total. The van der Waals surface area contributed by atoms with Crippen molar-refractivity contribution in [2.75, 3.05) is 14.1 Å². The van der Waals surface area contributed by atoms with E-state index in [1.807, 2.05) is 0 Å². The molecule has 0 aromatic heterocycles. The first-order chi connectivity index (χ1) is 11.4. The molecule has 0 heterocycles. The molecule has 4 aliphatic carbocycles. The summed E-state index contributed by atoms with van der Waals surface area (Å²) >= 11 is 0. The summed E-state index contributed by atoms with van der Waals surface area (Å²) < 4.78 is 0. The number of nitrogens with one attached hydrogen (secondary N) is 2. The van der Waals surface area contributed by atoms with Gasteiger partial charge in [-0.15, -0.1) is 0 Å². The summed E-state index contributed by atoms with van der Waals surface area (Å²) in [5.74, 6) is 1.29. The highest BCUT2D eigenvalue weighted by Crippen LogP contribution is 2.62. The Morgan fingerprint density at radius 3 is 2.62 bits per heavy atom. The van der Waals surface area contributed by atoms with Crippen LogP contribution in [-0.4, -0.2) is 37.4 Å². The van der Waals surface area contributed by atoms with E-state index in [1.54, 1.807) is 11.1 Å². The standard InChI is InChI=1S/C21H34N2O/c1-20-9-7-14(24)11-13(20)12-17(22-3)19-15-5-6-18(23-4)21(15,2)10-8-16(19)20/h7,9,13-15,17-18,22-24H,5-6,8,10-12H2,1-4H3/t13-,14-,15-,17-,18-,20-,21-/m0/s1. The van der Waals surface area contributed by atoms with Crippen molar-refractivity contribution in [3.8, 4) is 0 Å². The number of allylic oxidation sites excluding steroid dienone is 2. The van der Waals surface area contributed by atoms with Crippen molar-refractivity contribution in [2.45, 2.75) is 70.6 Å². The Balaban J connectivity index is 1.82. The molecule has 3 N–H and O–H groups in total. The molecule has 134 valence electrons. The first-order valence-corrected chi connectivity index (χ1v) is 9.89. The Morgan fingerprint density at radius 2 is 1.92 bits per heavy atom. The van der Waals surface area contributed by atoms with Crippen LogP contribution in [0, 0.1) is 22.7 Å². The fraction of sp³-hybridized carbons (Fsp3) is 0.810. The molecular weight excluding hydrogens is 296 g/mol. The molecule has 0 aromatic carbocycles. The number of aliphatic hydroxyl groups excluding tert-OH is 1. The van der Waals surface area contributed by atoms with E-state index in [4.69, 9.17) is 0 Å². The van der Waals surface area contributed by atoms with E-state index < -0.39 is 0 Å². The quantitative estimate of drug-likeness (QED) is 0.682. The van der Waals surface area contributed by atoms with E-state index in [1.165, 1.54) is 32.1 Å². The van der Waals surface area contributed by atoms with Gasteiger partial charge in [0.2, 0.25) is 0 Å². The summed E-state index contributed by atoms with van der Waals surface area (Å²) in [5.41, 5.74) is 4.02. The lowest BCUT2D eigenvalue weighted by molar-refractivity contribution is 0.0903. The number of hydrogen-bond acceptors (Lipinski definition) is 3. The van der Waals surface area contributed by atoms with Crippen LogP contribution in [0.25, 0.3) is 0 Å². The van der Waals surface area contributed by atoms with E-state index >= 15 is 0 Å². The number of rotatable bonds is 2. The van der Waals surface area contributed by atoms with Crippen molar-refractivity contribution in [2.24, 2.45) is 22.7 Å². The van der Waals surface area contributed by atoms with Gasteiger partial charge in [-0.2, -0.15) is 0 Å². The van der Waals surface area contributed by atoms with Crippen molar-refractivity contribution in [3.63, 3.8) is 0 Å². The van der Waals surface area contributed by atoms with Crippen LogP contribution in [0.5, 0.6) is 0 Å². The van der Waals surface area contributed by atoms with Crippen LogP contribution < -0.4 is 10.6 Å². The van der Waals surface area contributed by atoms with E-state index in [-0.39, 0.29) is 11.5 Å². The second-order valence-corrected chi connectivity index (χ2v) is 9.13. The van der Waals surface area contributed by atoms with Gasteiger partial charge in [-0.25, -0.2) is 0 Å². The molecule has 0 spiro atoms. The lowest BCUT2D eigenvalue weighted by Crippen LogP contribution is -2.52. The Labute approximate surface area is 147 Å². The molecule has 3 heteroatoms. The Morgan fingerprint density at radius 1 is 1.12 bits per heavy atom. The highest BCUT2D eigenvalue weighted by Gasteiger charge is 2.56. The molecule has 0 amide bonds. The molecule has 0 aliphatic heterocycles. The zero-order valence-corrected chi connectivity index (χ0v) is 15.7. The lowest BCUT2D eigenvalue weighted by atomic mass is 9.52. The van der Waals surface area contributed by atoms with Crippen LogP contribution in [0.3, 0.4) is 0 Å². The summed E-state index contributed by atoms with van der Waals surface area (Å²) in [7, 11) is 4.27. The van der Waals surface area contributed by atoms with Gasteiger partial charge in [-0.1, -0.05) is 31.6 Å². The summed E-state index contributed by atoms with van der Waals surface area (Å²) in [6.45, 7) is 4.96. The van der Waals surface area contributed by atoms with Crippen LogP contribution >= 0.6 is 0 Å². The van der Waals surface area contributed by atoms with Crippen molar-refractivity contribution in [1.29, 1.82) is 0 Å². The molecule has 1 saturated carbocycles. The number of aliphatic hydroxyl groups is 1. The van der Waals surface area contributed by atoms with Gasteiger partial charge in [0.05, 0.1) is 6.10 Å². The highest BCUT2D eigenvalue weighted by atomic mass is 16.3. The molecule has 0 saturated heterocycles. The molecule has 0 radical (unpaired) electrons. The van der Waals surface area contributed by atoms with E-state index in [2.05, 4.69) is 50.7 Å². The second-order valence-electron chi connectivity index (χ2n) is 9.13. The maximum atomic E-state index is 10.1.